The van der Waals surface area contributed by atoms with Crippen molar-refractivity contribution < 1.29 is 22.3 Å². The lowest BCUT2D eigenvalue weighted by Crippen LogP contribution is -2.21. The summed E-state index contributed by atoms with van der Waals surface area (Å²) in [6.07, 6.45) is 1.01. The van der Waals surface area contributed by atoms with E-state index >= 15 is 0 Å². The van der Waals surface area contributed by atoms with Crippen molar-refractivity contribution in [2.24, 2.45) is 0 Å². The number of anilines is 1. The minimum atomic E-state index is -3.50. The molecular formula is C19H16FNO4S. The summed E-state index contributed by atoms with van der Waals surface area (Å²) in [5.41, 5.74) is -0.208. The predicted octanol–water partition coefficient (Wildman–Crippen LogP) is 3.40. The molecule has 0 atom stereocenters. The molecule has 0 fully saturated rings. The Labute approximate surface area is 150 Å². The number of carbonyl (C=O) groups is 1. The largest absolute Gasteiger partial charge is 0.484 e. The van der Waals surface area contributed by atoms with Crippen LogP contribution in [0.5, 0.6) is 5.75 Å². The SMILES string of the molecule is CS(=O)(=O)c1ccc(F)c(NC(=O)COc2ccc3ccccc3c2)c1. The number of benzene rings is 3. The van der Waals surface area contributed by atoms with Gasteiger partial charge in [-0.2, -0.15) is 0 Å². The Bertz CT molecular complexity index is 1080. The van der Waals surface area contributed by atoms with Gasteiger partial charge in [-0.3, -0.25) is 4.79 Å². The molecule has 5 nitrogen and oxygen atoms in total. The van der Waals surface area contributed by atoms with Crippen LogP contribution in [0.1, 0.15) is 0 Å². The van der Waals surface area contributed by atoms with Crippen molar-refractivity contribution in [1.82, 2.24) is 0 Å². The van der Waals surface area contributed by atoms with Crippen LogP contribution >= 0.6 is 0 Å². The van der Waals surface area contributed by atoms with Crippen LogP contribution < -0.4 is 10.1 Å². The van der Waals surface area contributed by atoms with Crippen LogP contribution in [-0.2, 0) is 14.6 Å². The lowest BCUT2D eigenvalue weighted by molar-refractivity contribution is -0.118. The van der Waals surface area contributed by atoms with Gasteiger partial charge in [0, 0.05) is 6.26 Å². The van der Waals surface area contributed by atoms with Crippen molar-refractivity contribution in [3.8, 4) is 5.75 Å². The van der Waals surface area contributed by atoms with Crippen LogP contribution in [0, 0.1) is 5.82 Å². The lowest BCUT2D eigenvalue weighted by Gasteiger charge is -2.10. The Kier molecular flexibility index (Phi) is 4.90. The molecular weight excluding hydrogens is 357 g/mol. The Hall–Kier alpha value is -2.93. The molecule has 0 spiro atoms. The number of hydrogen-bond donors (Lipinski definition) is 1. The van der Waals surface area contributed by atoms with Crippen LogP contribution in [0.25, 0.3) is 10.8 Å². The van der Waals surface area contributed by atoms with Crippen LogP contribution in [0.4, 0.5) is 10.1 Å². The van der Waals surface area contributed by atoms with E-state index in [-0.39, 0.29) is 17.2 Å². The smallest absolute Gasteiger partial charge is 0.262 e. The van der Waals surface area contributed by atoms with E-state index in [1.54, 1.807) is 12.1 Å². The van der Waals surface area contributed by atoms with Gasteiger partial charge in [-0.05, 0) is 41.1 Å². The third-order valence-electron chi connectivity index (χ3n) is 3.73. The predicted molar refractivity (Wildman–Crippen MR) is 97.6 cm³/mol. The van der Waals surface area contributed by atoms with Gasteiger partial charge >= 0.3 is 0 Å². The van der Waals surface area contributed by atoms with E-state index in [1.165, 1.54) is 0 Å². The van der Waals surface area contributed by atoms with Crippen molar-refractivity contribution in [2.45, 2.75) is 4.90 Å². The molecule has 0 saturated heterocycles. The maximum absolute atomic E-state index is 13.8. The zero-order chi connectivity index (χ0) is 18.7. The van der Waals surface area contributed by atoms with E-state index in [0.29, 0.717) is 5.75 Å². The molecule has 0 aromatic heterocycles. The third kappa shape index (κ3) is 4.18. The van der Waals surface area contributed by atoms with E-state index in [4.69, 9.17) is 4.74 Å². The van der Waals surface area contributed by atoms with E-state index in [2.05, 4.69) is 5.32 Å². The number of hydrogen-bond acceptors (Lipinski definition) is 4. The van der Waals surface area contributed by atoms with Gasteiger partial charge in [0.15, 0.2) is 16.4 Å². The number of ether oxygens (including phenoxy) is 1. The lowest BCUT2D eigenvalue weighted by atomic mass is 10.1. The molecule has 1 N–H and O–H groups in total. The highest BCUT2D eigenvalue weighted by Gasteiger charge is 2.13. The number of fused-ring (bicyclic) bond motifs is 1. The second-order valence-corrected chi connectivity index (χ2v) is 7.78. The normalized spacial score (nSPS) is 11.3. The van der Waals surface area contributed by atoms with Crippen LogP contribution in [0.3, 0.4) is 0 Å². The number of halogens is 1. The first-order chi connectivity index (χ1) is 12.3. The van der Waals surface area contributed by atoms with Gasteiger partial charge in [-0.1, -0.05) is 30.3 Å². The molecule has 134 valence electrons. The number of amides is 1. The summed E-state index contributed by atoms with van der Waals surface area (Å²) in [5, 5.41) is 4.34. The van der Waals surface area contributed by atoms with Gasteiger partial charge in [0.25, 0.3) is 5.91 Å². The van der Waals surface area contributed by atoms with Crippen molar-refractivity contribution >= 4 is 32.2 Å². The average Bonchev–Trinajstić information content (AvgIpc) is 2.60. The molecule has 0 aliphatic heterocycles. The summed E-state index contributed by atoms with van der Waals surface area (Å²) >= 11 is 0. The van der Waals surface area contributed by atoms with Gasteiger partial charge in [0.2, 0.25) is 0 Å². The highest BCUT2D eigenvalue weighted by Crippen LogP contribution is 2.21. The second kappa shape index (κ2) is 7.13. The zero-order valence-corrected chi connectivity index (χ0v) is 14.7. The number of carbonyl (C=O) groups excluding carboxylic acids is 1. The minimum absolute atomic E-state index is 0.0790. The monoisotopic (exact) mass is 373 g/mol. The molecule has 0 aliphatic carbocycles. The van der Waals surface area contributed by atoms with Gasteiger partial charge in [-0.25, -0.2) is 12.8 Å². The van der Waals surface area contributed by atoms with Gasteiger partial charge < -0.3 is 10.1 Å². The van der Waals surface area contributed by atoms with Crippen LogP contribution in [0.2, 0.25) is 0 Å². The summed E-state index contributed by atoms with van der Waals surface area (Å²) in [6.45, 7) is -0.332. The molecule has 0 radical (unpaired) electrons. The average molecular weight is 373 g/mol. The number of nitrogens with one attached hydrogen (secondary N) is 1. The summed E-state index contributed by atoms with van der Waals surface area (Å²) in [6, 6.07) is 16.3. The molecule has 0 unspecified atom stereocenters. The Morgan fingerprint density at radius 1 is 1.04 bits per heavy atom. The zero-order valence-electron chi connectivity index (χ0n) is 13.9. The van der Waals surface area contributed by atoms with Crippen molar-refractivity contribution in [1.29, 1.82) is 0 Å². The fourth-order valence-electron chi connectivity index (χ4n) is 2.42. The molecule has 3 aromatic rings. The standard InChI is InChI=1S/C19H16FNO4S/c1-26(23,24)16-8-9-17(20)18(11-16)21-19(22)12-25-15-7-6-13-4-2-3-5-14(13)10-15/h2-11H,12H2,1H3,(H,21,22). The topological polar surface area (TPSA) is 72.5 Å². The third-order valence-corrected chi connectivity index (χ3v) is 4.84. The molecule has 0 heterocycles. The number of sulfone groups is 1. The maximum atomic E-state index is 13.8. The molecule has 0 aliphatic rings. The fourth-order valence-corrected chi connectivity index (χ4v) is 3.07. The van der Waals surface area contributed by atoms with Gasteiger partial charge in [-0.15, -0.1) is 0 Å². The highest BCUT2D eigenvalue weighted by atomic mass is 32.2. The first kappa shape index (κ1) is 17.9. The van der Waals surface area contributed by atoms with Gasteiger partial charge in [0.05, 0.1) is 10.6 Å². The Morgan fingerprint density at radius 2 is 1.77 bits per heavy atom. The molecule has 7 heteroatoms. The second-order valence-electron chi connectivity index (χ2n) is 5.76. The van der Waals surface area contributed by atoms with Crippen molar-refractivity contribution in [3.63, 3.8) is 0 Å². The summed E-state index contributed by atoms with van der Waals surface area (Å²) in [4.78, 5) is 11.9. The summed E-state index contributed by atoms with van der Waals surface area (Å²) in [5.74, 6) is -0.816. The van der Waals surface area contributed by atoms with Crippen LogP contribution in [0.15, 0.2) is 65.6 Å². The molecule has 0 saturated carbocycles. The van der Waals surface area contributed by atoms with Crippen molar-refractivity contribution in [2.75, 3.05) is 18.2 Å². The molecule has 3 rings (SSSR count). The van der Waals surface area contributed by atoms with E-state index in [0.717, 1.165) is 35.2 Å². The first-order valence-corrected chi connectivity index (χ1v) is 9.63. The van der Waals surface area contributed by atoms with Crippen molar-refractivity contribution in [3.05, 3.63) is 66.5 Å². The van der Waals surface area contributed by atoms with Gasteiger partial charge in [0.1, 0.15) is 11.6 Å². The Morgan fingerprint density at radius 3 is 2.50 bits per heavy atom. The highest BCUT2D eigenvalue weighted by molar-refractivity contribution is 7.90. The van der Waals surface area contributed by atoms with E-state index in [9.17, 15) is 17.6 Å². The number of rotatable bonds is 5. The summed E-state index contributed by atoms with van der Waals surface area (Å²) < 4.78 is 42.3. The van der Waals surface area contributed by atoms with E-state index in [1.807, 2.05) is 30.3 Å². The quantitative estimate of drug-likeness (QED) is 0.696. The molecule has 26 heavy (non-hydrogen) atoms. The van der Waals surface area contributed by atoms with Crippen LogP contribution in [-0.4, -0.2) is 27.2 Å². The van der Waals surface area contributed by atoms with E-state index < -0.39 is 21.6 Å². The molecule has 0 bridgehead atoms. The minimum Gasteiger partial charge on any atom is -0.484 e. The molecule has 1 amide bonds. The fraction of sp³-hybridized carbons (Fsp3) is 0.105. The first-order valence-electron chi connectivity index (χ1n) is 7.74. The molecule has 3 aromatic carbocycles. The Balaban J connectivity index is 1.69. The maximum Gasteiger partial charge on any atom is 0.262 e. The summed E-state index contributed by atoms with van der Waals surface area (Å²) in [7, 11) is -3.50.